The van der Waals surface area contributed by atoms with Gasteiger partial charge in [0.2, 0.25) is 0 Å². The molecule has 0 saturated heterocycles. The van der Waals surface area contributed by atoms with Crippen LogP contribution < -0.4 is 4.74 Å². The third-order valence-electron chi connectivity index (χ3n) is 6.52. The third kappa shape index (κ3) is 4.62. The molecule has 0 spiro atoms. The van der Waals surface area contributed by atoms with Crippen molar-refractivity contribution < 1.29 is 24.5 Å². The van der Waals surface area contributed by atoms with Crippen LogP contribution in [0, 0.1) is 11.8 Å². The number of hydrogen-bond donors (Lipinski definition) is 2. The van der Waals surface area contributed by atoms with E-state index in [1.165, 1.54) is 24.8 Å². The van der Waals surface area contributed by atoms with Gasteiger partial charge in [0.15, 0.2) is 6.10 Å². The lowest BCUT2D eigenvalue weighted by Crippen LogP contribution is -2.44. The average molecular weight is 413 g/mol. The second-order valence-corrected chi connectivity index (χ2v) is 8.92. The highest BCUT2D eigenvalue weighted by molar-refractivity contribution is 5.77. The van der Waals surface area contributed by atoms with Gasteiger partial charge in [0.1, 0.15) is 17.6 Å². The van der Waals surface area contributed by atoms with Gasteiger partial charge in [-0.25, -0.2) is 4.79 Å². The monoisotopic (exact) mass is 412 g/mol. The first-order valence-corrected chi connectivity index (χ1v) is 10.5. The number of ether oxygens (including phenoxy) is 2. The molecule has 2 N–H and O–H groups in total. The summed E-state index contributed by atoms with van der Waals surface area (Å²) in [4.78, 5) is 12.9. The van der Waals surface area contributed by atoms with E-state index < -0.39 is 12.1 Å². The molecule has 1 aliphatic rings. The average Bonchev–Trinajstić information content (AvgIpc) is 2.74. The zero-order valence-electron chi connectivity index (χ0n) is 18.2. The normalized spacial score (nSPS) is 22.9. The first kappa shape index (κ1) is 22.2. The minimum Gasteiger partial charge on any atom is -0.508 e. The summed E-state index contributed by atoms with van der Waals surface area (Å²) < 4.78 is 11.0. The molecule has 0 radical (unpaired) electrons. The van der Waals surface area contributed by atoms with Crippen molar-refractivity contribution in [3.05, 3.63) is 59.7 Å². The van der Waals surface area contributed by atoms with E-state index in [4.69, 9.17) is 9.47 Å². The summed E-state index contributed by atoms with van der Waals surface area (Å²) in [5.41, 5.74) is 1.11. The Labute approximate surface area is 178 Å². The van der Waals surface area contributed by atoms with Gasteiger partial charge in [0.05, 0.1) is 7.11 Å². The summed E-state index contributed by atoms with van der Waals surface area (Å²) in [5.74, 6) is 0.105. The molecule has 5 nitrogen and oxygen atoms in total. The summed E-state index contributed by atoms with van der Waals surface area (Å²) in [6.45, 7) is 6.54. The van der Waals surface area contributed by atoms with Crippen LogP contribution in [0.4, 0.5) is 0 Å². The number of methoxy groups -OCH3 is 1. The van der Waals surface area contributed by atoms with Gasteiger partial charge in [-0.3, -0.25) is 0 Å². The molecule has 1 fully saturated rings. The number of aliphatic hydroxyl groups is 1. The standard InChI is InChI=1S/C25H32O5/c1-16-10-12-20(25(2,3)17-8-6-5-7-9-17)22(14-16)30-24(28)23(27)19-15-18(29-4)11-13-21(19)26/h5-9,11,13,15-16,20,22-23,26-27H,10,12,14H2,1-4H3/t16-,20-,22-,23+/m1/s1. The Bertz CT molecular complexity index is 861. The Morgan fingerprint density at radius 2 is 1.83 bits per heavy atom. The molecule has 30 heavy (non-hydrogen) atoms. The summed E-state index contributed by atoms with van der Waals surface area (Å²) in [5, 5.41) is 20.7. The van der Waals surface area contributed by atoms with Crippen LogP contribution in [0.1, 0.15) is 57.3 Å². The molecular weight excluding hydrogens is 380 g/mol. The molecule has 0 amide bonds. The molecule has 1 saturated carbocycles. The predicted octanol–water partition coefficient (Wildman–Crippen LogP) is 4.76. The fourth-order valence-electron chi connectivity index (χ4n) is 4.59. The molecule has 0 unspecified atom stereocenters. The maximum absolute atomic E-state index is 12.9. The number of carbonyl (C=O) groups is 1. The first-order valence-electron chi connectivity index (χ1n) is 10.5. The highest BCUT2D eigenvalue weighted by Crippen LogP contribution is 2.44. The second kappa shape index (κ2) is 9.09. The highest BCUT2D eigenvalue weighted by atomic mass is 16.6. The van der Waals surface area contributed by atoms with Gasteiger partial charge in [-0.1, -0.05) is 57.5 Å². The summed E-state index contributed by atoms with van der Waals surface area (Å²) in [6, 6.07) is 14.7. The molecule has 1 aliphatic carbocycles. The van der Waals surface area contributed by atoms with Crippen LogP contribution in [0.5, 0.6) is 11.5 Å². The molecule has 5 heteroatoms. The number of esters is 1. The molecular formula is C25H32O5. The van der Waals surface area contributed by atoms with Crippen molar-refractivity contribution in [2.24, 2.45) is 11.8 Å². The zero-order valence-corrected chi connectivity index (χ0v) is 18.2. The maximum atomic E-state index is 12.9. The van der Waals surface area contributed by atoms with Crippen molar-refractivity contribution in [1.82, 2.24) is 0 Å². The molecule has 0 heterocycles. The lowest BCUT2D eigenvalue weighted by molar-refractivity contribution is -0.167. The maximum Gasteiger partial charge on any atom is 0.340 e. The molecule has 3 rings (SSSR count). The van der Waals surface area contributed by atoms with Crippen molar-refractivity contribution in [3.63, 3.8) is 0 Å². The van der Waals surface area contributed by atoms with E-state index >= 15 is 0 Å². The second-order valence-electron chi connectivity index (χ2n) is 8.92. The Morgan fingerprint density at radius 3 is 2.50 bits per heavy atom. The largest absolute Gasteiger partial charge is 0.508 e. The minimum absolute atomic E-state index is 0.0853. The molecule has 0 aliphatic heterocycles. The number of hydrogen-bond acceptors (Lipinski definition) is 5. The number of carbonyl (C=O) groups excluding carboxylic acids is 1. The Hall–Kier alpha value is -2.53. The number of benzene rings is 2. The predicted molar refractivity (Wildman–Crippen MR) is 115 cm³/mol. The van der Waals surface area contributed by atoms with Gasteiger partial charge in [0, 0.05) is 11.5 Å². The fraction of sp³-hybridized carbons (Fsp3) is 0.480. The Balaban J connectivity index is 1.82. The van der Waals surface area contributed by atoms with Crippen LogP contribution in [-0.4, -0.2) is 29.4 Å². The molecule has 0 bridgehead atoms. The first-order chi connectivity index (χ1) is 14.2. The summed E-state index contributed by atoms with van der Waals surface area (Å²) in [7, 11) is 1.49. The molecule has 4 atom stereocenters. The van der Waals surface area contributed by atoms with Crippen molar-refractivity contribution >= 4 is 5.97 Å². The van der Waals surface area contributed by atoms with Crippen LogP contribution in [0.3, 0.4) is 0 Å². The van der Waals surface area contributed by atoms with Crippen LogP contribution in [0.25, 0.3) is 0 Å². The van der Waals surface area contributed by atoms with Crippen LogP contribution >= 0.6 is 0 Å². The SMILES string of the molecule is COc1ccc(O)c([C@H](O)C(=O)O[C@@H]2C[C@H](C)CC[C@H]2C(C)(C)c2ccccc2)c1. The van der Waals surface area contributed by atoms with E-state index in [2.05, 4.69) is 32.9 Å². The Morgan fingerprint density at radius 1 is 1.13 bits per heavy atom. The quantitative estimate of drug-likeness (QED) is 0.669. The molecule has 0 aromatic heterocycles. The van der Waals surface area contributed by atoms with Crippen molar-refractivity contribution in [1.29, 1.82) is 0 Å². The van der Waals surface area contributed by atoms with E-state index in [9.17, 15) is 15.0 Å². The van der Waals surface area contributed by atoms with Gasteiger partial charge in [-0.15, -0.1) is 0 Å². The fourth-order valence-corrected chi connectivity index (χ4v) is 4.59. The van der Waals surface area contributed by atoms with E-state index in [1.807, 2.05) is 18.2 Å². The lowest BCUT2D eigenvalue weighted by atomic mass is 9.64. The van der Waals surface area contributed by atoms with Crippen LogP contribution in [0.2, 0.25) is 0 Å². The van der Waals surface area contributed by atoms with Crippen molar-refractivity contribution in [3.8, 4) is 11.5 Å². The van der Waals surface area contributed by atoms with Crippen LogP contribution in [-0.2, 0) is 14.9 Å². The van der Waals surface area contributed by atoms with Gasteiger partial charge in [-0.2, -0.15) is 0 Å². The van der Waals surface area contributed by atoms with E-state index in [1.54, 1.807) is 6.07 Å². The Kier molecular flexibility index (Phi) is 6.71. The summed E-state index contributed by atoms with van der Waals surface area (Å²) >= 11 is 0. The number of aromatic hydroxyl groups is 1. The number of aliphatic hydroxyl groups excluding tert-OH is 1. The molecule has 2 aromatic carbocycles. The lowest BCUT2D eigenvalue weighted by Gasteiger charge is -2.44. The van der Waals surface area contributed by atoms with Crippen molar-refractivity contribution in [2.45, 2.75) is 57.7 Å². The van der Waals surface area contributed by atoms with E-state index in [-0.39, 0.29) is 28.7 Å². The number of phenolic OH excluding ortho intramolecular Hbond substituents is 1. The third-order valence-corrected chi connectivity index (χ3v) is 6.52. The summed E-state index contributed by atoms with van der Waals surface area (Å²) in [6.07, 6.45) is 0.899. The molecule has 162 valence electrons. The smallest absolute Gasteiger partial charge is 0.340 e. The molecule has 2 aromatic rings. The minimum atomic E-state index is -1.57. The van der Waals surface area contributed by atoms with E-state index in [0.717, 1.165) is 19.3 Å². The number of rotatable bonds is 6. The van der Waals surface area contributed by atoms with Gasteiger partial charge >= 0.3 is 5.97 Å². The van der Waals surface area contributed by atoms with Gasteiger partial charge < -0.3 is 19.7 Å². The van der Waals surface area contributed by atoms with E-state index in [0.29, 0.717) is 11.7 Å². The van der Waals surface area contributed by atoms with Gasteiger partial charge in [-0.05, 0) is 47.9 Å². The van der Waals surface area contributed by atoms with Crippen molar-refractivity contribution in [2.75, 3.05) is 7.11 Å². The number of phenols is 1. The topological polar surface area (TPSA) is 76.0 Å². The van der Waals surface area contributed by atoms with Crippen LogP contribution in [0.15, 0.2) is 48.5 Å². The van der Waals surface area contributed by atoms with Gasteiger partial charge in [0.25, 0.3) is 0 Å². The zero-order chi connectivity index (χ0) is 21.9. The highest BCUT2D eigenvalue weighted by Gasteiger charge is 2.42.